The first kappa shape index (κ1) is 15.6. The molecule has 2 aliphatic rings. The lowest BCUT2D eigenvalue weighted by Crippen LogP contribution is -2.36. The van der Waals surface area contributed by atoms with Crippen LogP contribution in [0.15, 0.2) is 48.5 Å². The predicted octanol–water partition coefficient (Wildman–Crippen LogP) is 2.90. The van der Waals surface area contributed by atoms with Crippen molar-refractivity contribution in [3.63, 3.8) is 0 Å². The van der Waals surface area contributed by atoms with Crippen LogP contribution < -0.4 is 5.06 Å². The summed E-state index contributed by atoms with van der Waals surface area (Å²) in [6, 6.07) is 14.5. The van der Waals surface area contributed by atoms with E-state index in [4.69, 9.17) is 9.47 Å². The van der Waals surface area contributed by atoms with Crippen molar-refractivity contribution in [3.8, 4) is 6.07 Å². The van der Waals surface area contributed by atoms with E-state index in [0.29, 0.717) is 34.1 Å². The average molecular weight is 336 g/mol. The van der Waals surface area contributed by atoms with Gasteiger partial charge in [0, 0.05) is 11.6 Å². The molecule has 126 valence electrons. The maximum atomic E-state index is 12.9. The number of rotatable bonds is 2. The van der Waals surface area contributed by atoms with Crippen molar-refractivity contribution in [3.05, 3.63) is 70.1 Å². The van der Waals surface area contributed by atoms with Gasteiger partial charge in [-0.15, -0.1) is 0 Å². The monoisotopic (exact) mass is 336 g/mol. The first-order valence-corrected chi connectivity index (χ1v) is 7.83. The van der Waals surface area contributed by atoms with E-state index >= 15 is 0 Å². The van der Waals surface area contributed by atoms with Gasteiger partial charge >= 0.3 is 0 Å². The number of benzene rings is 2. The number of hydroxylamine groups is 1. The Labute approximate surface area is 144 Å². The molecule has 2 aromatic carbocycles. The van der Waals surface area contributed by atoms with Crippen LogP contribution in [0.2, 0.25) is 0 Å². The first-order chi connectivity index (χ1) is 12.2. The second kappa shape index (κ2) is 6.18. The highest BCUT2D eigenvalue weighted by Crippen LogP contribution is 2.41. The maximum Gasteiger partial charge on any atom is 0.297 e. The molecule has 0 aliphatic carbocycles. The molecule has 7 heteroatoms. The minimum absolute atomic E-state index is 0.121. The summed E-state index contributed by atoms with van der Waals surface area (Å²) in [7, 11) is 0. The van der Waals surface area contributed by atoms with E-state index < -0.39 is 12.3 Å². The SMILES string of the molecule is N#CC1=[N+]([O-])c2cc(C3OCCO3)ccc2N([O-])C1c1ccccc1. The number of ether oxygens (including phenoxy) is 2. The third kappa shape index (κ3) is 2.53. The Bertz CT molecular complexity index is 870. The lowest BCUT2D eigenvalue weighted by Gasteiger charge is -2.40. The fraction of sp³-hybridized carbons (Fsp3) is 0.222. The van der Waals surface area contributed by atoms with E-state index in [1.54, 1.807) is 42.5 Å². The zero-order chi connectivity index (χ0) is 17.4. The maximum absolute atomic E-state index is 12.9. The normalized spacial score (nSPS) is 20.5. The molecule has 0 bridgehead atoms. The van der Waals surface area contributed by atoms with Crippen LogP contribution in [0.4, 0.5) is 11.4 Å². The van der Waals surface area contributed by atoms with Gasteiger partial charge in [0.2, 0.25) is 5.69 Å². The lowest BCUT2D eigenvalue weighted by atomic mass is 9.98. The van der Waals surface area contributed by atoms with Gasteiger partial charge in [-0.1, -0.05) is 36.4 Å². The van der Waals surface area contributed by atoms with Crippen molar-refractivity contribution >= 4 is 17.1 Å². The van der Waals surface area contributed by atoms with Crippen LogP contribution in [0.3, 0.4) is 0 Å². The molecule has 25 heavy (non-hydrogen) atoms. The number of hydrogen-bond acceptors (Lipinski definition) is 6. The molecule has 1 atom stereocenters. The van der Waals surface area contributed by atoms with Gasteiger partial charge in [0.05, 0.1) is 13.2 Å². The van der Waals surface area contributed by atoms with Crippen LogP contribution in [0.5, 0.6) is 0 Å². The third-order valence-corrected chi connectivity index (χ3v) is 4.29. The van der Waals surface area contributed by atoms with E-state index in [9.17, 15) is 15.7 Å². The minimum atomic E-state index is -0.971. The van der Waals surface area contributed by atoms with Gasteiger partial charge in [-0.3, -0.25) is 0 Å². The number of anilines is 1. The van der Waals surface area contributed by atoms with Crippen molar-refractivity contribution in [1.82, 2.24) is 0 Å². The van der Waals surface area contributed by atoms with E-state index in [0.717, 1.165) is 0 Å². The summed E-state index contributed by atoms with van der Waals surface area (Å²) >= 11 is 0. The predicted molar refractivity (Wildman–Crippen MR) is 90.0 cm³/mol. The molecule has 2 aromatic rings. The van der Waals surface area contributed by atoms with Crippen LogP contribution in [-0.2, 0) is 9.47 Å². The molecule has 0 N–H and O–H groups in total. The van der Waals surface area contributed by atoms with Crippen molar-refractivity contribution in [2.75, 3.05) is 18.3 Å². The Morgan fingerprint density at radius 2 is 1.80 bits per heavy atom. The standard InChI is InChI=1S/C18H14N3O4/c19-11-16-17(12-4-2-1-3-5-12)21(23)14-7-6-13(10-15(14)20(16)22)18-24-8-9-25-18/h1-7,10,17-18H,8-9H2/q-1. The number of hydrogen-bond donors (Lipinski definition) is 0. The first-order valence-electron chi connectivity index (χ1n) is 7.83. The molecule has 0 spiro atoms. The second-order valence-electron chi connectivity index (χ2n) is 5.75. The molecule has 1 unspecified atom stereocenters. The molecule has 0 amide bonds. The fourth-order valence-corrected chi connectivity index (χ4v) is 3.11. The van der Waals surface area contributed by atoms with E-state index in [1.807, 2.05) is 12.1 Å². The van der Waals surface area contributed by atoms with Crippen molar-refractivity contribution in [1.29, 1.82) is 5.26 Å². The van der Waals surface area contributed by atoms with Crippen molar-refractivity contribution < 1.29 is 14.2 Å². The number of nitriles is 1. The molecule has 4 rings (SSSR count). The smallest absolute Gasteiger partial charge is 0.297 e. The summed E-state index contributed by atoms with van der Waals surface area (Å²) in [4.78, 5) is 0. The zero-order valence-corrected chi connectivity index (χ0v) is 13.2. The van der Waals surface area contributed by atoms with Gasteiger partial charge in [0.1, 0.15) is 11.7 Å². The molecule has 0 radical (unpaired) electrons. The summed E-state index contributed by atoms with van der Waals surface area (Å²) in [6.45, 7) is 0.949. The summed E-state index contributed by atoms with van der Waals surface area (Å²) in [5.41, 5.74) is 1.40. The molecule has 7 nitrogen and oxygen atoms in total. The van der Waals surface area contributed by atoms with Crippen LogP contribution in [0.25, 0.3) is 0 Å². The summed E-state index contributed by atoms with van der Waals surface area (Å²) < 4.78 is 11.4. The largest absolute Gasteiger partial charge is 0.757 e. The van der Waals surface area contributed by atoms with Gasteiger partial charge in [-0.05, 0) is 11.6 Å². The van der Waals surface area contributed by atoms with Crippen LogP contribution >= 0.6 is 0 Å². The van der Waals surface area contributed by atoms with Crippen molar-refractivity contribution in [2.45, 2.75) is 12.3 Å². The average Bonchev–Trinajstić information content (AvgIpc) is 3.19. The molecule has 0 saturated carbocycles. The topological polar surface area (TPSA) is 94.6 Å². The summed E-state index contributed by atoms with van der Waals surface area (Å²) in [5.74, 6) is 0. The van der Waals surface area contributed by atoms with Gasteiger partial charge < -0.3 is 25.0 Å². The molecule has 2 heterocycles. The Hall–Kier alpha value is -2.92. The van der Waals surface area contributed by atoms with Gasteiger partial charge in [-0.2, -0.15) is 10.0 Å². The van der Waals surface area contributed by atoms with E-state index in [-0.39, 0.29) is 17.1 Å². The highest BCUT2D eigenvalue weighted by atomic mass is 16.7. The van der Waals surface area contributed by atoms with Crippen molar-refractivity contribution in [2.24, 2.45) is 0 Å². The van der Waals surface area contributed by atoms with Crippen LogP contribution in [0.1, 0.15) is 23.5 Å². The Balaban J connectivity index is 1.83. The van der Waals surface area contributed by atoms with Gasteiger partial charge in [0.15, 0.2) is 12.4 Å². The molecule has 1 saturated heterocycles. The Morgan fingerprint density at radius 3 is 2.48 bits per heavy atom. The van der Waals surface area contributed by atoms with Crippen LogP contribution in [0, 0.1) is 21.7 Å². The molecule has 2 aliphatic heterocycles. The summed E-state index contributed by atoms with van der Waals surface area (Å²) in [6.07, 6.45) is -0.559. The zero-order valence-electron chi connectivity index (χ0n) is 13.2. The fourth-order valence-electron chi connectivity index (χ4n) is 3.11. The molecular weight excluding hydrogens is 322 g/mol. The molecule has 0 aromatic heterocycles. The third-order valence-electron chi connectivity index (χ3n) is 4.29. The Morgan fingerprint density at radius 1 is 1.08 bits per heavy atom. The lowest BCUT2D eigenvalue weighted by molar-refractivity contribution is -0.362. The van der Waals surface area contributed by atoms with Gasteiger partial charge in [-0.25, -0.2) is 0 Å². The minimum Gasteiger partial charge on any atom is -0.757 e. The Kier molecular flexibility index (Phi) is 3.86. The van der Waals surface area contributed by atoms with E-state index in [2.05, 4.69) is 0 Å². The molecular formula is C18H14N3O4-. The highest BCUT2D eigenvalue weighted by molar-refractivity contribution is 6.04. The number of nitrogens with zero attached hydrogens (tertiary/aromatic N) is 3. The van der Waals surface area contributed by atoms with Crippen LogP contribution in [-0.4, -0.2) is 23.7 Å². The van der Waals surface area contributed by atoms with E-state index in [1.165, 1.54) is 0 Å². The second-order valence-corrected chi connectivity index (χ2v) is 5.75. The summed E-state index contributed by atoms with van der Waals surface area (Å²) in [5, 5.41) is 35.8. The highest BCUT2D eigenvalue weighted by Gasteiger charge is 2.36. The van der Waals surface area contributed by atoms with Gasteiger partial charge in [0.25, 0.3) is 5.71 Å². The quantitative estimate of drug-likeness (QED) is 0.618. The molecule has 1 fully saturated rings. The number of fused-ring (bicyclic) bond motifs is 1.